The smallest absolute Gasteiger partial charge is 0.191 e. The molecule has 20 heavy (non-hydrogen) atoms. The van der Waals surface area contributed by atoms with Crippen molar-refractivity contribution in [2.75, 3.05) is 26.3 Å². The first kappa shape index (κ1) is 16.5. The van der Waals surface area contributed by atoms with E-state index < -0.39 is 0 Å². The van der Waals surface area contributed by atoms with E-state index >= 15 is 0 Å². The molecule has 0 fully saturated rings. The zero-order valence-corrected chi connectivity index (χ0v) is 12.7. The summed E-state index contributed by atoms with van der Waals surface area (Å²) >= 11 is 0. The fourth-order valence-corrected chi connectivity index (χ4v) is 1.48. The summed E-state index contributed by atoms with van der Waals surface area (Å²) in [6.07, 6.45) is 2.65. The van der Waals surface area contributed by atoms with Gasteiger partial charge in [-0.05, 0) is 19.3 Å². The second kappa shape index (κ2) is 10.3. The van der Waals surface area contributed by atoms with Gasteiger partial charge >= 0.3 is 0 Å². The third-order valence-corrected chi connectivity index (χ3v) is 2.61. The summed E-state index contributed by atoms with van der Waals surface area (Å²) in [6.45, 7) is 9.98. The zero-order chi connectivity index (χ0) is 14.6. The fourth-order valence-electron chi connectivity index (χ4n) is 1.48. The molecule has 1 aromatic heterocycles. The Kier molecular flexibility index (Phi) is 8.46. The van der Waals surface area contributed by atoms with Crippen molar-refractivity contribution in [2.45, 2.75) is 33.7 Å². The summed E-state index contributed by atoms with van der Waals surface area (Å²) in [5.74, 6) is 1.45. The number of rotatable bonds is 9. The number of hydrogen-bond donors (Lipinski definition) is 2. The highest BCUT2D eigenvalue weighted by Crippen LogP contribution is 1.98. The van der Waals surface area contributed by atoms with Gasteiger partial charge in [-0.1, -0.05) is 19.0 Å². The number of nitrogens with zero attached hydrogens (tertiary/aromatic N) is 2. The number of ether oxygens (including phenoxy) is 1. The van der Waals surface area contributed by atoms with Crippen molar-refractivity contribution in [3.63, 3.8) is 0 Å². The first-order valence-corrected chi connectivity index (χ1v) is 7.21. The summed E-state index contributed by atoms with van der Waals surface area (Å²) in [5, 5.41) is 10.2. The molecular formula is C14H26N4O2. The highest BCUT2D eigenvalue weighted by atomic mass is 16.5. The zero-order valence-electron chi connectivity index (χ0n) is 12.7. The van der Waals surface area contributed by atoms with E-state index in [4.69, 9.17) is 9.26 Å². The molecule has 0 spiro atoms. The molecule has 0 atom stereocenters. The SMILES string of the molecule is CCNC(=NCc1ccon1)NCCOCCC(C)C. The summed E-state index contributed by atoms with van der Waals surface area (Å²) in [6, 6.07) is 1.81. The molecule has 0 aromatic carbocycles. The van der Waals surface area contributed by atoms with Crippen LogP contribution >= 0.6 is 0 Å². The highest BCUT2D eigenvalue weighted by Gasteiger charge is 1.99. The largest absolute Gasteiger partial charge is 0.380 e. The minimum absolute atomic E-state index is 0.500. The van der Waals surface area contributed by atoms with Crippen molar-refractivity contribution in [2.24, 2.45) is 10.9 Å². The lowest BCUT2D eigenvalue weighted by molar-refractivity contribution is 0.128. The third kappa shape index (κ3) is 7.78. The lowest BCUT2D eigenvalue weighted by Gasteiger charge is -2.11. The van der Waals surface area contributed by atoms with Gasteiger partial charge < -0.3 is 19.9 Å². The van der Waals surface area contributed by atoms with Crippen LogP contribution in [-0.2, 0) is 11.3 Å². The number of nitrogens with one attached hydrogen (secondary N) is 2. The standard InChI is InChI=1S/C14H26N4O2/c1-4-15-14(17-11-13-6-9-20-18-13)16-7-10-19-8-5-12(2)3/h6,9,12H,4-5,7-8,10-11H2,1-3H3,(H2,15,16,17). The molecule has 0 saturated carbocycles. The molecule has 6 nitrogen and oxygen atoms in total. The van der Waals surface area contributed by atoms with Gasteiger partial charge in [-0.2, -0.15) is 0 Å². The van der Waals surface area contributed by atoms with Crippen LogP contribution in [0, 0.1) is 5.92 Å². The molecule has 0 aliphatic heterocycles. The van der Waals surface area contributed by atoms with Crippen LogP contribution in [0.3, 0.4) is 0 Å². The minimum atomic E-state index is 0.500. The van der Waals surface area contributed by atoms with Gasteiger partial charge in [0.05, 0.1) is 13.2 Å². The molecule has 1 aromatic rings. The van der Waals surface area contributed by atoms with Crippen LogP contribution in [0.1, 0.15) is 32.9 Å². The Hall–Kier alpha value is -1.56. The predicted molar refractivity (Wildman–Crippen MR) is 79.6 cm³/mol. The molecular weight excluding hydrogens is 256 g/mol. The minimum Gasteiger partial charge on any atom is -0.380 e. The Bertz CT molecular complexity index is 363. The molecule has 114 valence electrons. The number of aromatic nitrogens is 1. The first-order valence-electron chi connectivity index (χ1n) is 7.21. The van der Waals surface area contributed by atoms with Crippen LogP contribution < -0.4 is 10.6 Å². The Morgan fingerprint density at radius 3 is 2.90 bits per heavy atom. The van der Waals surface area contributed by atoms with Crippen LogP contribution in [-0.4, -0.2) is 37.4 Å². The van der Waals surface area contributed by atoms with Gasteiger partial charge in [0.25, 0.3) is 0 Å². The molecule has 1 heterocycles. The monoisotopic (exact) mass is 282 g/mol. The lowest BCUT2D eigenvalue weighted by Crippen LogP contribution is -2.39. The topological polar surface area (TPSA) is 71.7 Å². The maximum Gasteiger partial charge on any atom is 0.191 e. The predicted octanol–water partition coefficient (Wildman–Crippen LogP) is 1.79. The molecule has 1 rings (SSSR count). The average Bonchev–Trinajstić information content (AvgIpc) is 2.92. The summed E-state index contributed by atoms with van der Waals surface area (Å²) in [4.78, 5) is 4.42. The van der Waals surface area contributed by atoms with Crippen molar-refractivity contribution in [3.05, 3.63) is 18.0 Å². The first-order chi connectivity index (χ1) is 9.72. The van der Waals surface area contributed by atoms with Gasteiger partial charge in [0.2, 0.25) is 0 Å². The van der Waals surface area contributed by atoms with E-state index in [0.717, 1.165) is 37.8 Å². The van der Waals surface area contributed by atoms with Crippen LogP contribution in [0.15, 0.2) is 21.8 Å². The molecule has 0 aliphatic carbocycles. The van der Waals surface area contributed by atoms with Crippen LogP contribution in [0.5, 0.6) is 0 Å². The molecule has 2 N–H and O–H groups in total. The Labute approximate surface area is 121 Å². The molecule has 0 amide bonds. The Morgan fingerprint density at radius 1 is 1.40 bits per heavy atom. The average molecular weight is 282 g/mol. The maximum absolute atomic E-state index is 5.55. The van der Waals surface area contributed by atoms with E-state index in [2.05, 4.69) is 34.6 Å². The van der Waals surface area contributed by atoms with Gasteiger partial charge in [0, 0.05) is 25.8 Å². The summed E-state index contributed by atoms with van der Waals surface area (Å²) < 4.78 is 10.3. The highest BCUT2D eigenvalue weighted by molar-refractivity contribution is 5.79. The van der Waals surface area contributed by atoms with E-state index in [1.807, 2.05) is 13.0 Å². The Morgan fingerprint density at radius 2 is 2.25 bits per heavy atom. The van der Waals surface area contributed by atoms with Crippen molar-refractivity contribution in [1.82, 2.24) is 15.8 Å². The maximum atomic E-state index is 5.55. The Balaban J connectivity index is 2.19. The van der Waals surface area contributed by atoms with Crippen LogP contribution in [0.2, 0.25) is 0 Å². The number of aliphatic imine (C=N–C) groups is 1. The molecule has 6 heteroatoms. The number of guanidine groups is 1. The number of hydrogen-bond acceptors (Lipinski definition) is 4. The van der Waals surface area contributed by atoms with Crippen molar-refractivity contribution in [3.8, 4) is 0 Å². The van der Waals surface area contributed by atoms with Gasteiger partial charge in [0.1, 0.15) is 12.0 Å². The van der Waals surface area contributed by atoms with E-state index in [0.29, 0.717) is 19.1 Å². The third-order valence-electron chi connectivity index (χ3n) is 2.61. The molecule has 0 aliphatic rings. The van der Waals surface area contributed by atoms with Gasteiger partial charge in [-0.25, -0.2) is 4.99 Å². The van der Waals surface area contributed by atoms with Crippen molar-refractivity contribution >= 4 is 5.96 Å². The van der Waals surface area contributed by atoms with Crippen LogP contribution in [0.25, 0.3) is 0 Å². The van der Waals surface area contributed by atoms with E-state index in [9.17, 15) is 0 Å². The molecule has 0 saturated heterocycles. The van der Waals surface area contributed by atoms with E-state index in [1.165, 1.54) is 0 Å². The molecule has 0 unspecified atom stereocenters. The molecule has 0 radical (unpaired) electrons. The quantitative estimate of drug-likeness (QED) is 0.410. The normalized spacial score (nSPS) is 11.9. The second-order valence-electron chi connectivity index (χ2n) is 4.91. The second-order valence-corrected chi connectivity index (χ2v) is 4.91. The fraction of sp³-hybridized carbons (Fsp3) is 0.714. The van der Waals surface area contributed by atoms with Crippen molar-refractivity contribution in [1.29, 1.82) is 0 Å². The van der Waals surface area contributed by atoms with E-state index in [1.54, 1.807) is 6.26 Å². The van der Waals surface area contributed by atoms with E-state index in [-0.39, 0.29) is 0 Å². The van der Waals surface area contributed by atoms with Crippen molar-refractivity contribution < 1.29 is 9.26 Å². The van der Waals surface area contributed by atoms with Crippen LogP contribution in [0.4, 0.5) is 0 Å². The summed E-state index contributed by atoms with van der Waals surface area (Å²) in [5.41, 5.74) is 0.815. The van der Waals surface area contributed by atoms with Gasteiger partial charge in [-0.3, -0.25) is 0 Å². The lowest BCUT2D eigenvalue weighted by atomic mass is 10.1. The van der Waals surface area contributed by atoms with Gasteiger partial charge in [0.15, 0.2) is 5.96 Å². The molecule has 0 bridgehead atoms. The van der Waals surface area contributed by atoms with Gasteiger partial charge in [-0.15, -0.1) is 0 Å². The summed E-state index contributed by atoms with van der Waals surface area (Å²) in [7, 11) is 0.